The van der Waals surface area contributed by atoms with Gasteiger partial charge in [-0.25, -0.2) is 0 Å². The highest BCUT2D eigenvalue weighted by Gasteiger charge is 2.31. The lowest BCUT2D eigenvalue weighted by molar-refractivity contribution is -0.147. The Morgan fingerprint density at radius 3 is 2.07 bits per heavy atom. The first-order chi connectivity index (χ1) is 13.7. The van der Waals surface area contributed by atoms with Crippen LogP contribution in [0.4, 0.5) is 0 Å². The van der Waals surface area contributed by atoms with E-state index >= 15 is 0 Å². The van der Waals surface area contributed by atoms with Crippen molar-refractivity contribution in [3.63, 3.8) is 0 Å². The fourth-order valence-corrected chi connectivity index (χ4v) is 4.03. The van der Waals surface area contributed by atoms with Crippen LogP contribution in [0.25, 0.3) is 0 Å². The summed E-state index contributed by atoms with van der Waals surface area (Å²) in [6.45, 7) is 7.50. The van der Waals surface area contributed by atoms with Gasteiger partial charge in [0.2, 0.25) is 0 Å². The van der Waals surface area contributed by atoms with Crippen molar-refractivity contribution in [2.45, 2.75) is 122 Å². The van der Waals surface area contributed by atoms with Crippen LogP contribution >= 0.6 is 15.9 Å². The van der Waals surface area contributed by atoms with Crippen LogP contribution in [0.15, 0.2) is 0 Å². The number of carbonyl (C=O) groups excluding carboxylic acids is 3. The summed E-state index contributed by atoms with van der Waals surface area (Å²) in [6.07, 6.45) is 11.6. The van der Waals surface area contributed by atoms with Gasteiger partial charge in [-0.15, -0.1) is 0 Å². The van der Waals surface area contributed by atoms with Crippen molar-refractivity contribution in [2.75, 3.05) is 6.61 Å². The van der Waals surface area contributed by atoms with Gasteiger partial charge >= 0.3 is 11.9 Å². The summed E-state index contributed by atoms with van der Waals surface area (Å²) in [5.41, 5.74) is 0. The van der Waals surface area contributed by atoms with Gasteiger partial charge in [-0.3, -0.25) is 14.4 Å². The number of hydrogen-bond acceptors (Lipinski definition) is 5. The van der Waals surface area contributed by atoms with Crippen LogP contribution in [0, 0.1) is 0 Å². The molecule has 0 saturated heterocycles. The zero-order chi connectivity index (χ0) is 22.1. The summed E-state index contributed by atoms with van der Waals surface area (Å²) in [5.74, 6) is -0.211. The molecule has 2 atom stereocenters. The van der Waals surface area contributed by atoms with Gasteiger partial charge in [-0.1, -0.05) is 55.0 Å². The fourth-order valence-electron chi connectivity index (χ4n) is 3.47. The fraction of sp³-hybridized carbons (Fsp3) is 0.870. The monoisotopic (exact) mass is 476 g/mol. The predicted molar refractivity (Wildman–Crippen MR) is 120 cm³/mol. The van der Waals surface area contributed by atoms with Crippen molar-refractivity contribution >= 4 is 33.7 Å². The van der Waals surface area contributed by atoms with Gasteiger partial charge in [0.05, 0.1) is 10.9 Å². The molecule has 0 aromatic heterocycles. The molecule has 0 aliphatic heterocycles. The normalized spacial score (nSPS) is 14.1. The number of rotatable bonds is 18. The summed E-state index contributed by atoms with van der Waals surface area (Å²) in [4.78, 5) is 34.9. The first-order valence-electron chi connectivity index (χ1n) is 11.3. The molecule has 0 heterocycles. The van der Waals surface area contributed by atoms with Gasteiger partial charge in [-0.05, 0) is 58.8 Å². The number of ether oxygens (including phenoxy) is 2. The Balaban J connectivity index is 4.29. The van der Waals surface area contributed by atoms with Crippen LogP contribution in [-0.4, -0.2) is 34.8 Å². The second-order valence-electron chi connectivity index (χ2n) is 7.86. The number of hydrogen-bond donors (Lipinski definition) is 0. The van der Waals surface area contributed by atoms with E-state index < -0.39 is 4.32 Å². The first-order valence-corrected chi connectivity index (χ1v) is 12.1. The minimum atomic E-state index is -0.502. The van der Waals surface area contributed by atoms with E-state index in [-0.39, 0.29) is 23.8 Å². The molecule has 29 heavy (non-hydrogen) atoms. The van der Waals surface area contributed by atoms with E-state index in [0.717, 1.165) is 77.0 Å². The number of carbonyl (C=O) groups is 3. The van der Waals surface area contributed by atoms with E-state index in [2.05, 4.69) is 22.9 Å². The highest BCUT2D eigenvalue weighted by Crippen LogP contribution is 2.33. The molecule has 2 unspecified atom stereocenters. The summed E-state index contributed by atoms with van der Waals surface area (Å²) in [5, 5.41) is 0. The Labute approximate surface area is 185 Å². The Morgan fingerprint density at radius 1 is 0.862 bits per heavy atom. The molecule has 170 valence electrons. The van der Waals surface area contributed by atoms with E-state index in [4.69, 9.17) is 9.47 Å². The molecule has 0 aliphatic carbocycles. The van der Waals surface area contributed by atoms with E-state index in [0.29, 0.717) is 13.0 Å². The Hall–Kier alpha value is -0.910. The number of ketones is 1. The maximum atomic E-state index is 12.2. The minimum absolute atomic E-state index is 0.0503. The molecule has 0 rings (SSSR count). The van der Waals surface area contributed by atoms with E-state index in [1.54, 1.807) is 6.92 Å². The average Bonchev–Trinajstić information content (AvgIpc) is 2.64. The molecule has 0 aromatic carbocycles. The molecule has 0 radical (unpaired) electrons. The number of halogens is 1. The lowest BCUT2D eigenvalue weighted by atomic mass is 9.90. The molecule has 6 heteroatoms. The molecule has 0 N–H and O–H groups in total. The van der Waals surface area contributed by atoms with Crippen LogP contribution in [0.5, 0.6) is 0 Å². The largest absolute Gasteiger partial charge is 0.466 e. The SMILES string of the molecule is CCCCCC(CCCC(Br)(CCCCCCC(=O)OCC)C(C)=O)OC(C)=O. The van der Waals surface area contributed by atoms with Crippen molar-refractivity contribution in [3.05, 3.63) is 0 Å². The van der Waals surface area contributed by atoms with Gasteiger partial charge in [0.15, 0.2) is 0 Å². The Bertz CT molecular complexity index is 480. The molecule has 0 aromatic rings. The van der Waals surface area contributed by atoms with Gasteiger partial charge in [0.25, 0.3) is 0 Å². The summed E-state index contributed by atoms with van der Waals surface area (Å²) in [7, 11) is 0. The second-order valence-corrected chi connectivity index (χ2v) is 9.38. The van der Waals surface area contributed by atoms with Crippen LogP contribution in [0.1, 0.15) is 111 Å². The predicted octanol–water partition coefficient (Wildman–Crippen LogP) is 6.30. The molecule has 0 saturated carbocycles. The summed E-state index contributed by atoms with van der Waals surface area (Å²) < 4.78 is 9.89. The van der Waals surface area contributed by atoms with E-state index in [1.165, 1.54) is 6.92 Å². The van der Waals surface area contributed by atoms with Gasteiger partial charge in [0.1, 0.15) is 11.9 Å². The Morgan fingerprint density at radius 2 is 1.48 bits per heavy atom. The van der Waals surface area contributed by atoms with Crippen LogP contribution < -0.4 is 0 Å². The third-order valence-electron chi connectivity index (χ3n) is 5.20. The van der Waals surface area contributed by atoms with Crippen LogP contribution in [-0.2, 0) is 23.9 Å². The second kappa shape index (κ2) is 16.8. The van der Waals surface area contributed by atoms with Crippen molar-refractivity contribution in [3.8, 4) is 0 Å². The quantitative estimate of drug-likeness (QED) is 0.132. The standard InChI is InChI=1S/C23H41BrO5/c1-5-7-10-14-21(29-20(4)26)15-13-18-23(24,19(3)25)17-12-9-8-11-16-22(27)28-6-2/h21H,5-18H2,1-4H3. The highest BCUT2D eigenvalue weighted by molar-refractivity contribution is 9.10. The van der Waals surface area contributed by atoms with Crippen molar-refractivity contribution in [1.29, 1.82) is 0 Å². The highest BCUT2D eigenvalue weighted by atomic mass is 79.9. The number of Topliss-reactive ketones (excluding diaryl/α,β-unsaturated/α-hetero) is 1. The number of esters is 2. The third kappa shape index (κ3) is 14.7. The first kappa shape index (κ1) is 28.1. The lowest BCUT2D eigenvalue weighted by Crippen LogP contribution is -2.30. The van der Waals surface area contributed by atoms with Crippen molar-refractivity contribution in [1.82, 2.24) is 0 Å². The van der Waals surface area contributed by atoms with Crippen molar-refractivity contribution < 1.29 is 23.9 Å². The minimum Gasteiger partial charge on any atom is -0.466 e. The molecular formula is C23H41BrO5. The van der Waals surface area contributed by atoms with Gasteiger partial charge < -0.3 is 9.47 Å². The Kier molecular flexibility index (Phi) is 16.3. The molecule has 0 fully saturated rings. The van der Waals surface area contributed by atoms with Crippen LogP contribution in [0.2, 0.25) is 0 Å². The maximum absolute atomic E-state index is 12.2. The lowest BCUT2D eigenvalue weighted by Gasteiger charge is -2.26. The summed E-state index contributed by atoms with van der Waals surface area (Å²) >= 11 is 3.70. The maximum Gasteiger partial charge on any atom is 0.305 e. The molecule has 5 nitrogen and oxygen atoms in total. The molecule has 0 aliphatic rings. The zero-order valence-electron chi connectivity index (χ0n) is 18.9. The smallest absolute Gasteiger partial charge is 0.305 e. The van der Waals surface area contributed by atoms with Crippen molar-refractivity contribution in [2.24, 2.45) is 0 Å². The average molecular weight is 477 g/mol. The molecule has 0 bridgehead atoms. The van der Waals surface area contributed by atoms with Crippen LogP contribution in [0.3, 0.4) is 0 Å². The number of alkyl halides is 1. The van der Waals surface area contributed by atoms with E-state index in [1.807, 2.05) is 6.92 Å². The van der Waals surface area contributed by atoms with Gasteiger partial charge in [0, 0.05) is 13.3 Å². The van der Waals surface area contributed by atoms with E-state index in [9.17, 15) is 14.4 Å². The molecule has 0 spiro atoms. The summed E-state index contributed by atoms with van der Waals surface area (Å²) in [6, 6.07) is 0. The number of unbranched alkanes of at least 4 members (excludes halogenated alkanes) is 5. The molecular weight excluding hydrogens is 436 g/mol. The van der Waals surface area contributed by atoms with Gasteiger partial charge in [-0.2, -0.15) is 0 Å². The molecule has 0 amide bonds. The topological polar surface area (TPSA) is 69.7 Å². The third-order valence-corrected chi connectivity index (χ3v) is 6.55. The zero-order valence-corrected chi connectivity index (χ0v) is 20.5.